The summed E-state index contributed by atoms with van der Waals surface area (Å²) in [6.45, 7) is 2.38. The molecule has 9 nitrogen and oxygen atoms in total. The van der Waals surface area contributed by atoms with Gasteiger partial charge >= 0.3 is 0 Å². The van der Waals surface area contributed by atoms with E-state index in [4.69, 9.17) is 5.26 Å². The highest BCUT2D eigenvalue weighted by molar-refractivity contribution is 5.99. The highest BCUT2D eigenvalue weighted by Gasteiger charge is 2.28. The van der Waals surface area contributed by atoms with Crippen molar-refractivity contribution in [3.8, 4) is 11.9 Å². The third-order valence-electron chi connectivity index (χ3n) is 5.03. The van der Waals surface area contributed by atoms with Crippen LogP contribution >= 0.6 is 0 Å². The van der Waals surface area contributed by atoms with E-state index in [-0.39, 0.29) is 18.2 Å². The number of carbonyl (C=O) groups is 1. The minimum Gasteiger partial charge on any atom is -0.387 e. The van der Waals surface area contributed by atoms with Crippen LogP contribution in [0.5, 0.6) is 0 Å². The molecule has 0 aromatic carbocycles. The summed E-state index contributed by atoms with van der Waals surface area (Å²) < 4.78 is 15.6. The lowest BCUT2D eigenvalue weighted by Gasteiger charge is -2.22. The Kier molecular flexibility index (Phi) is 5.29. The van der Waals surface area contributed by atoms with Gasteiger partial charge in [0.05, 0.1) is 35.2 Å². The lowest BCUT2D eigenvalue weighted by Crippen LogP contribution is -2.42. The predicted molar refractivity (Wildman–Crippen MR) is 112 cm³/mol. The van der Waals surface area contributed by atoms with E-state index in [2.05, 4.69) is 25.7 Å². The number of pyridine rings is 2. The van der Waals surface area contributed by atoms with Gasteiger partial charge in [-0.25, -0.2) is 14.4 Å². The Labute approximate surface area is 177 Å². The Hall–Kier alpha value is -3.58. The minimum atomic E-state index is -1.61. The second-order valence-corrected chi connectivity index (χ2v) is 8.14. The van der Waals surface area contributed by atoms with Crippen LogP contribution < -0.4 is 10.6 Å². The summed E-state index contributed by atoms with van der Waals surface area (Å²) >= 11 is 0. The lowest BCUT2D eigenvalue weighted by molar-refractivity contribution is -0.00177. The van der Waals surface area contributed by atoms with Gasteiger partial charge in [0.15, 0.2) is 11.5 Å². The van der Waals surface area contributed by atoms with Crippen LogP contribution in [0, 0.1) is 11.3 Å². The fraction of sp³-hybridized carbons (Fsp3) is 0.381. The molecule has 1 aliphatic rings. The summed E-state index contributed by atoms with van der Waals surface area (Å²) in [4.78, 5) is 21.3. The van der Waals surface area contributed by atoms with Crippen molar-refractivity contribution in [2.24, 2.45) is 0 Å². The number of nitriles is 1. The number of halogens is 1. The van der Waals surface area contributed by atoms with Crippen LogP contribution in [0.1, 0.15) is 42.6 Å². The average molecular weight is 423 g/mol. The monoisotopic (exact) mass is 423 g/mol. The van der Waals surface area contributed by atoms with Crippen LogP contribution in [-0.4, -0.2) is 55.1 Å². The van der Waals surface area contributed by atoms with Crippen LogP contribution in [0.25, 0.3) is 16.9 Å². The second kappa shape index (κ2) is 7.92. The van der Waals surface area contributed by atoms with Crippen molar-refractivity contribution in [2.75, 3.05) is 11.9 Å². The number of hydrogen-bond donors (Lipinski definition) is 3. The van der Waals surface area contributed by atoms with Gasteiger partial charge in [-0.2, -0.15) is 15.0 Å². The van der Waals surface area contributed by atoms with Crippen molar-refractivity contribution in [3.63, 3.8) is 0 Å². The van der Waals surface area contributed by atoms with Gasteiger partial charge in [-0.3, -0.25) is 4.79 Å². The van der Waals surface area contributed by atoms with E-state index in [0.29, 0.717) is 28.1 Å². The minimum absolute atomic E-state index is 0.262. The number of aliphatic hydroxyl groups is 1. The molecule has 1 unspecified atom stereocenters. The normalized spacial score (nSPS) is 14.8. The quantitative estimate of drug-likeness (QED) is 0.531. The molecule has 31 heavy (non-hydrogen) atoms. The number of aromatic nitrogens is 4. The van der Waals surface area contributed by atoms with Gasteiger partial charge in [-0.05, 0) is 32.8 Å². The maximum Gasteiger partial charge on any atom is 0.255 e. The molecule has 1 saturated carbocycles. The predicted octanol–water partition coefficient (Wildman–Crippen LogP) is 2.10. The molecule has 0 bridgehead atoms. The maximum atomic E-state index is 14.0. The van der Waals surface area contributed by atoms with Crippen molar-refractivity contribution in [2.45, 2.75) is 44.5 Å². The summed E-state index contributed by atoms with van der Waals surface area (Å²) in [5.74, 6) is -0.0389. The highest BCUT2D eigenvalue weighted by atomic mass is 19.1. The lowest BCUT2D eigenvalue weighted by atomic mass is 10.0. The van der Waals surface area contributed by atoms with Crippen molar-refractivity contribution in [1.82, 2.24) is 25.1 Å². The molecule has 0 radical (unpaired) electrons. The zero-order valence-electron chi connectivity index (χ0n) is 17.1. The fourth-order valence-corrected chi connectivity index (χ4v) is 2.99. The molecule has 4 rings (SSSR count). The number of carbonyl (C=O) groups excluding carboxylic acids is 1. The number of nitrogens with one attached hydrogen (secondary N) is 2. The fourth-order valence-electron chi connectivity index (χ4n) is 2.99. The largest absolute Gasteiger partial charge is 0.387 e. The number of rotatable bonds is 7. The standard InChI is InChI=1S/C21H22FN7O2/c1-21(2,31)17(22)11-26-20(30)15-10-24-18(6-16(15)28-14-3-4-14)29-19-13(9-27-29)5-12(7-23)8-25-19/h5-6,8-10,14,17,31H,3-4,11H2,1-2H3,(H,24,28)(H,26,30). The summed E-state index contributed by atoms with van der Waals surface area (Å²) in [6, 6.07) is 5.69. The highest BCUT2D eigenvalue weighted by Crippen LogP contribution is 2.28. The Morgan fingerprint density at radius 3 is 2.81 bits per heavy atom. The number of nitrogens with zero attached hydrogens (tertiary/aromatic N) is 5. The van der Waals surface area contributed by atoms with Gasteiger partial charge < -0.3 is 15.7 Å². The van der Waals surface area contributed by atoms with Crippen molar-refractivity contribution in [1.29, 1.82) is 5.26 Å². The van der Waals surface area contributed by atoms with E-state index in [9.17, 15) is 14.3 Å². The topological polar surface area (TPSA) is 129 Å². The molecule has 1 atom stereocenters. The Morgan fingerprint density at radius 1 is 1.35 bits per heavy atom. The smallest absolute Gasteiger partial charge is 0.255 e. The van der Waals surface area contributed by atoms with Gasteiger partial charge in [0.25, 0.3) is 5.91 Å². The van der Waals surface area contributed by atoms with E-state index < -0.39 is 17.7 Å². The van der Waals surface area contributed by atoms with Gasteiger partial charge in [0.2, 0.25) is 0 Å². The third-order valence-corrected chi connectivity index (χ3v) is 5.03. The molecule has 1 fully saturated rings. The molecule has 3 heterocycles. The first-order valence-corrected chi connectivity index (χ1v) is 9.91. The van der Waals surface area contributed by atoms with E-state index in [1.54, 1.807) is 18.3 Å². The Bertz CT molecular complexity index is 1170. The zero-order valence-corrected chi connectivity index (χ0v) is 17.1. The Morgan fingerprint density at radius 2 is 2.13 bits per heavy atom. The van der Waals surface area contributed by atoms with Crippen LogP contribution in [0.2, 0.25) is 0 Å². The molecule has 1 aliphatic carbocycles. The molecule has 160 valence electrons. The SMILES string of the molecule is CC(C)(O)C(F)CNC(=O)c1cnc(-n2ncc3cc(C#N)cnc32)cc1NC1CC1. The van der Waals surface area contributed by atoms with E-state index in [1.807, 2.05) is 6.07 Å². The summed E-state index contributed by atoms with van der Waals surface area (Å²) in [5.41, 5.74) is 0.243. The van der Waals surface area contributed by atoms with E-state index in [0.717, 1.165) is 12.8 Å². The molecule has 0 saturated heterocycles. The van der Waals surface area contributed by atoms with Gasteiger partial charge in [0, 0.05) is 29.9 Å². The van der Waals surface area contributed by atoms with Crippen LogP contribution in [0.4, 0.5) is 10.1 Å². The summed E-state index contributed by atoms with van der Waals surface area (Å²) in [6.07, 6.45) is 4.84. The zero-order chi connectivity index (χ0) is 22.2. The molecule has 0 spiro atoms. The average Bonchev–Trinajstić information content (AvgIpc) is 3.46. The van der Waals surface area contributed by atoms with Gasteiger partial charge in [0.1, 0.15) is 12.2 Å². The molecule has 1 amide bonds. The summed E-state index contributed by atoms with van der Waals surface area (Å²) in [5, 5.41) is 29.6. The second-order valence-electron chi connectivity index (χ2n) is 8.14. The number of hydrogen-bond acceptors (Lipinski definition) is 7. The van der Waals surface area contributed by atoms with Gasteiger partial charge in [-0.1, -0.05) is 0 Å². The molecule has 3 N–H and O–H groups in total. The molecular formula is C21H22FN7O2. The Balaban J connectivity index is 1.63. The van der Waals surface area contributed by atoms with Crippen molar-refractivity contribution in [3.05, 3.63) is 41.9 Å². The number of amides is 1. The first-order chi connectivity index (χ1) is 14.8. The van der Waals surface area contributed by atoms with Crippen LogP contribution in [0.15, 0.2) is 30.7 Å². The van der Waals surface area contributed by atoms with Crippen molar-refractivity contribution >= 4 is 22.6 Å². The van der Waals surface area contributed by atoms with Crippen molar-refractivity contribution < 1.29 is 14.3 Å². The molecule has 3 aromatic rings. The molecule has 3 aromatic heterocycles. The summed E-state index contributed by atoms with van der Waals surface area (Å²) in [7, 11) is 0. The van der Waals surface area contributed by atoms with E-state index in [1.165, 1.54) is 30.9 Å². The first-order valence-electron chi connectivity index (χ1n) is 9.91. The molecule has 10 heteroatoms. The van der Waals surface area contributed by atoms with Gasteiger partial charge in [-0.15, -0.1) is 0 Å². The van der Waals surface area contributed by atoms with E-state index >= 15 is 0 Å². The number of fused-ring (bicyclic) bond motifs is 1. The number of alkyl halides is 1. The number of anilines is 1. The maximum absolute atomic E-state index is 14.0. The van der Waals surface area contributed by atoms with Crippen LogP contribution in [-0.2, 0) is 0 Å². The van der Waals surface area contributed by atoms with Crippen LogP contribution in [0.3, 0.4) is 0 Å². The molecular weight excluding hydrogens is 401 g/mol. The molecule has 0 aliphatic heterocycles. The first kappa shape index (κ1) is 20.7. The third kappa shape index (κ3) is 4.46.